The number of hydrogen-bond acceptors (Lipinski definition) is 7. The minimum absolute atomic E-state index is 0.298. The van der Waals surface area contributed by atoms with Crippen molar-refractivity contribution in [2.24, 2.45) is 4.99 Å². The first kappa shape index (κ1) is 17.7. The summed E-state index contributed by atoms with van der Waals surface area (Å²) in [5.74, 6) is 0. The van der Waals surface area contributed by atoms with Gasteiger partial charge in [0, 0.05) is 14.1 Å². The maximum Gasteiger partial charge on any atom is 0.161 e. The predicted octanol–water partition coefficient (Wildman–Crippen LogP) is 1.07. The summed E-state index contributed by atoms with van der Waals surface area (Å²) >= 11 is 1.47. The highest BCUT2D eigenvalue weighted by molar-refractivity contribution is 8.14. The summed E-state index contributed by atoms with van der Waals surface area (Å²) in [6.07, 6.45) is -2.92. The number of aliphatic imine (C=N–C) groups is 1. The quantitative estimate of drug-likeness (QED) is 0.844. The molecule has 24 heavy (non-hydrogen) atoms. The van der Waals surface area contributed by atoms with Crippen LogP contribution in [0.3, 0.4) is 0 Å². The number of hydrogen-bond donors (Lipinski definition) is 2. The highest BCUT2D eigenvalue weighted by atomic mass is 32.2. The van der Waals surface area contributed by atoms with E-state index in [-0.39, 0.29) is 11.5 Å². The summed E-state index contributed by atoms with van der Waals surface area (Å²) in [4.78, 5) is 6.34. The Hall–Kier alpha value is -1.12. The fourth-order valence-electron chi connectivity index (χ4n) is 2.88. The number of nitrogens with zero attached hydrogens (tertiary/aromatic N) is 2. The van der Waals surface area contributed by atoms with Crippen LogP contribution in [0.5, 0.6) is 0 Å². The number of thioether (sulfide) groups is 1. The normalized spacial score (nSPS) is 33.7. The van der Waals surface area contributed by atoms with E-state index in [0.29, 0.717) is 6.61 Å². The minimum atomic E-state index is -1.03. The van der Waals surface area contributed by atoms with Crippen LogP contribution in [0.15, 0.2) is 35.3 Å². The van der Waals surface area contributed by atoms with E-state index in [1.54, 1.807) is 0 Å². The second-order valence-electron chi connectivity index (χ2n) is 6.37. The lowest BCUT2D eigenvalue weighted by Crippen LogP contribution is -2.58. The summed E-state index contributed by atoms with van der Waals surface area (Å²) in [6.45, 7) is 2.29. The molecule has 6 atom stereocenters. The lowest BCUT2D eigenvalue weighted by Gasteiger charge is -2.40. The number of amidine groups is 1. The van der Waals surface area contributed by atoms with Crippen LogP contribution in [-0.2, 0) is 16.1 Å². The molecule has 0 unspecified atom stereocenters. The molecule has 2 heterocycles. The van der Waals surface area contributed by atoms with Crippen LogP contribution in [0, 0.1) is 0 Å². The third-order valence-electron chi connectivity index (χ3n) is 4.29. The Morgan fingerprint density at radius 3 is 2.62 bits per heavy atom. The molecule has 1 aromatic rings. The van der Waals surface area contributed by atoms with Gasteiger partial charge in [-0.2, -0.15) is 0 Å². The zero-order valence-electron chi connectivity index (χ0n) is 14.1. The molecule has 2 aliphatic heterocycles. The van der Waals surface area contributed by atoms with Crippen LogP contribution in [-0.4, -0.2) is 70.3 Å². The molecule has 0 radical (unpaired) electrons. The summed E-state index contributed by atoms with van der Waals surface area (Å²) in [5.41, 5.74) is 0.759. The van der Waals surface area contributed by atoms with Gasteiger partial charge in [0.15, 0.2) is 5.17 Å². The predicted molar refractivity (Wildman–Crippen MR) is 93.9 cm³/mol. The van der Waals surface area contributed by atoms with Crippen molar-refractivity contribution in [2.45, 2.75) is 49.4 Å². The van der Waals surface area contributed by atoms with E-state index in [1.807, 2.05) is 56.3 Å². The van der Waals surface area contributed by atoms with Crippen molar-refractivity contribution in [3.63, 3.8) is 0 Å². The first-order chi connectivity index (χ1) is 11.5. The van der Waals surface area contributed by atoms with Gasteiger partial charge in [0.25, 0.3) is 0 Å². The minimum Gasteiger partial charge on any atom is -0.388 e. The van der Waals surface area contributed by atoms with Crippen molar-refractivity contribution in [3.05, 3.63) is 35.9 Å². The molecular formula is C17H24N2O4S. The first-order valence-corrected chi connectivity index (χ1v) is 8.94. The van der Waals surface area contributed by atoms with Gasteiger partial charge in [-0.1, -0.05) is 42.1 Å². The van der Waals surface area contributed by atoms with E-state index < -0.39 is 24.4 Å². The highest BCUT2D eigenvalue weighted by Crippen LogP contribution is 2.38. The molecule has 0 aliphatic carbocycles. The maximum atomic E-state index is 10.4. The molecule has 0 spiro atoms. The number of benzene rings is 1. The smallest absolute Gasteiger partial charge is 0.161 e. The molecule has 0 bridgehead atoms. The summed E-state index contributed by atoms with van der Waals surface area (Å²) in [5, 5.41) is 21.7. The molecule has 1 aromatic carbocycles. The van der Waals surface area contributed by atoms with Gasteiger partial charge in [0.05, 0.1) is 12.7 Å². The molecule has 7 heteroatoms. The van der Waals surface area contributed by atoms with Gasteiger partial charge in [0.2, 0.25) is 0 Å². The second-order valence-corrected chi connectivity index (χ2v) is 7.43. The molecule has 6 nitrogen and oxygen atoms in total. The molecule has 0 amide bonds. The third kappa shape index (κ3) is 3.60. The van der Waals surface area contributed by atoms with E-state index in [0.717, 1.165) is 10.7 Å². The van der Waals surface area contributed by atoms with Crippen LogP contribution < -0.4 is 0 Å². The third-order valence-corrected chi connectivity index (χ3v) is 5.59. The number of ether oxygens (including phenoxy) is 2. The van der Waals surface area contributed by atoms with Gasteiger partial charge >= 0.3 is 0 Å². The average Bonchev–Trinajstić information content (AvgIpc) is 3.01. The monoisotopic (exact) mass is 352 g/mol. The van der Waals surface area contributed by atoms with Gasteiger partial charge < -0.3 is 24.6 Å². The fraction of sp³-hybridized carbons (Fsp3) is 0.588. The Morgan fingerprint density at radius 2 is 1.96 bits per heavy atom. The topological polar surface area (TPSA) is 74.5 Å². The molecule has 132 valence electrons. The number of aliphatic hydroxyl groups is 2. The van der Waals surface area contributed by atoms with Crippen LogP contribution >= 0.6 is 11.8 Å². The molecule has 1 fully saturated rings. The number of aliphatic hydroxyl groups excluding tert-OH is 2. The van der Waals surface area contributed by atoms with Crippen molar-refractivity contribution in [3.8, 4) is 0 Å². The maximum absolute atomic E-state index is 10.4. The van der Waals surface area contributed by atoms with Crippen molar-refractivity contribution in [1.29, 1.82) is 0 Å². The summed E-state index contributed by atoms with van der Waals surface area (Å²) in [6, 6.07) is 9.40. The van der Waals surface area contributed by atoms with Gasteiger partial charge in [-0.05, 0) is 12.5 Å². The average molecular weight is 352 g/mol. The fourth-order valence-corrected chi connectivity index (χ4v) is 4.02. The Labute approximate surface area is 146 Å². The SMILES string of the molecule is C[C@H](OCc1ccccc1)[C@H]1O[C@@H]2SC(N(C)C)=N[C@@H]2[C@@H](O)[C@@H]1O. The Balaban J connectivity index is 1.63. The molecule has 2 aliphatic rings. The molecule has 3 rings (SSSR count). The highest BCUT2D eigenvalue weighted by Gasteiger charge is 2.50. The van der Waals surface area contributed by atoms with E-state index in [4.69, 9.17) is 9.47 Å². The standard InChI is InChI=1S/C17H24N2O4S/c1-10(22-9-11-7-5-4-6-8-11)15-14(21)13(20)12-16(23-15)24-17(18-12)19(2)3/h4-8,10,12-16,20-21H,9H2,1-3H3/t10-,12+,13+,14-,15+,16+/m0/s1. The number of rotatable bonds is 4. The Kier molecular flexibility index (Phi) is 5.46. The summed E-state index contributed by atoms with van der Waals surface area (Å²) < 4.78 is 11.9. The first-order valence-electron chi connectivity index (χ1n) is 8.06. The van der Waals surface area contributed by atoms with Gasteiger partial charge in [-0.15, -0.1) is 0 Å². The second kappa shape index (κ2) is 7.41. The van der Waals surface area contributed by atoms with Crippen LogP contribution in [0.4, 0.5) is 0 Å². The van der Waals surface area contributed by atoms with Gasteiger partial charge in [-0.25, -0.2) is 0 Å². The van der Waals surface area contributed by atoms with Crippen molar-refractivity contribution < 1.29 is 19.7 Å². The molecule has 2 N–H and O–H groups in total. The zero-order valence-corrected chi connectivity index (χ0v) is 14.9. The lowest BCUT2D eigenvalue weighted by atomic mass is 9.95. The van der Waals surface area contributed by atoms with Crippen LogP contribution in [0.2, 0.25) is 0 Å². The number of fused-ring (bicyclic) bond motifs is 1. The lowest BCUT2D eigenvalue weighted by molar-refractivity contribution is -0.193. The Bertz CT molecular complexity index is 583. The largest absolute Gasteiger partial charge is 0.388 e. The molecule has 1 saturated heterocycles. The summed E-state index contributed by atoms with van der Waals surface area (Å²) in [7, 11) is 3.80. The van der Waals surface area contributed by atoms with Crippen molar-refractivity contribution in [2.75, 3.05) is 14.1 Å². The van der Waals surface area contributed by atoms with Crippen molar-refractivity contribution in [1.82, 2.24) is 4.90 Å². The zero-order chi connectivity index (χ0) is 17.3. The van der Waals surface area contributed by atoms with Crippen LogP contribution in [0.25, 0.3) is 0 Å². The van der Waals surface area contributed by atoms with E-state index in [9.17, 15) is 10.2 Å². The molecule has 0 saturated carbocycles. The van der Waals surface area contributed by atoms with E-state index in [2.05, 4.69) is 4.99 Å². The van der Waals surface area contributed by atoms with Crippen molar-refractivity contribution >= 4 is 16.9 Å². The molecular weight excluding hydrogens is 328 g/mol. The van der Waals surface area contributed by atoms with Crippen LogP contribution in [0.1, 0.15) is 12.5 Å². The Morgan fingerprint density at radius 1 is 1.25 bits per heavy atom. The van der Waals surface area contributed by atoms with E-state index >= 15 is 0 Å². The van der Waals surface area contributed by atoms with E-state index in [1.165, 1.54) is 11.8 Å². The molecule has 0 aromatic heterocycles. The van der Waals surface area contributed by atoms with Gasteiger partial charge in [0.1, 0.15) is 29.8 Å². The van der Waals surface area contributed by atoms with Gasteiger partial charge in [-0.3, -0.25) is 4.99 Å².